The predicted octanol–water partition coefficient (Wildman–Crippen LogP) is 3.39. The minimum absolute atomic E-state index is 0.238. The summed E-state index contributed by atoms with van der Waals surface area (Å²) in [5.41, 5.74) is 3.17. The molecule has 0 unspecified atom stereocenters. The van der Waals surface area contributed by atoms with Gasteiger partial charge in [-0.15, -0.1) is 0 Å². The van der Waals surface area contributed by atoms with Gasteiger partial charge in [0.25, 0.3) is 0 Å². The molecule has 0 saturated carbocycles. The lowest BCUT2D eigenvalue weighted by atomic mass is 10.1. The Morgan fingerprint density at radius 2 is 2.12 bits per heavy atom. The van der Waals surface area contributed by atoms with Crippen molar-refractivity contribution in [3.8, 4) is 5.75 Å². The lowest BCUT2D eigenvalue weighted by molar-refractivity contribution is 0.476. The summed E-state index contributed by atoms with van der Waals surface area (Å²) in [7, 11) is 1.99. The molecule has 17 heavy (non-hydrogen) atoms. The number of aryl methyl sites for hydroxylation is 2. The quantitative estimate of drug-likeness (QED) is 0.618. The van der Waals surface area contributed by atoms with Crippen LogP contribution in [-0.2, 0) is 7.05 Å². The zero-order chi connectivity index (χ0) is 12.2. The van der Waals surface area contributed by atoms with Gasteiger partial charge in [0.05, 0.1) is 5.52 Å². The van der Waals surface area contributed by atoms with Crippen molar-refractivity contribution in [1.29, 1.82) is 0 Å². The summed E-state index contributed by atoms with van der Waals surface area (Å²) in [6.45, 7) is 2.00. The maximum atomic E-state index is 9.59. The van der Waals surface area contributed by atoms with Crippen LogP contribution in [0.4, 0.5) is 0 Å². The minimum Gasteiger partial charge on any atom is -0.508 e. The Hall–Kier alpha value is -1.74. The standard InChI is InChI=1S/C13H11ClN2O/c1-7-6-15-13(14)11-9-5-8(17)3-4-10(9)16(2)12(7)11/h3-6,17H,1-2H3. The average molecular weight is 247 g/mol. The Labute approximate surface area is 103 Å². The molecule has 2 heterocycles. The summed E-state index contributed by atoms with van der Waals surface area (Å²) in [5, 5.41) is 11.9. The molecule has 86 valence electrons. The van der Waals surface area contributed by atoms with Crippen molar-refractivity contribution in [3.05, 3.63) is 35.1 Å². The molecule has 0 atom stereocenters. The first-order valence-corrected chi connectivity index (χ1v) is 5.69. The van der Waals surface area contributed by atoms with Crippen LogP contribution in [0.3, 0.4) is 0 Å². The van der Waals surface area contributed by atoms with Crippen molar-refractivity contribution in [3.63, 3.8) is 0 Å². The van der Waals surface area contributed by atoms with Crippen molar-refractivity contribution in [2.75, 3.05) is 0 Å². The second-order valence-corrected chi connectivity index (χ2v) is 4.57. The van der Waals surface area contributed by atoms with Gasteiger partial charge >= 0.3 is 0 Å². The highest BCUT2D eigenvalue weighted by Crippen LogP contribution is 2.35. The van der Waals surface area contributed by atoms with Crippen molar-refractivity contribution < 1.29 is 5.11 Å². The van der Waals surface area contributed by atoms with Crippen molar-refractivity contribution in [1.82, 2.24) is 9.55 Å². The maximum Gasteiger partial charge on any atom is 0.139 e. The van der Waals surface area contributed by atoms with E-state index >= 15 is 0 Å². The van der Waals surface area contributed by atoms with Crippen molar-refractivity contribution in [2.24, 2.45) is 7.05 Å². The monoisotopic (exact) mass is 246 g/mol. The number of benzene rings is 1. The van der Waals surface area contributed by atoms with Crippen LogP contribution in [0.2, 0.25) is 5.15 Å². The van der Waals surface area contributed by atoms with E-state index in [1.165, 1.54) is 0 Å². The van der Waals surface area contributed by atoms with Crippen LogP contribution in [0, 0.1) is 6.92 Å². The van der Waals surface area contributed by atoms with Gasteiger partial charge < -0.3 is 9.67 Å². The summed E-state index contributed by atoms with van der Waals surface area (Å²) in [4.78, 5) is 4.17. The highest BCUT2D eigenvalue weighted by Gasteiger charge is 2.14. The maximum absolute atomic E-state index is 9.59. The molecule has 0 aliphatic rings. The van der Waals surface area contributed by atoms with Gasteiger partial charge in [-0.25, -0.2) is 4.98 Å². The summed E-state index contributed by atoms with van der Waals surface area (Å²) in [6.07, 6.45) is 1.77. The fourth-order valence-corrected chi connectivity index (χ4v) is 2.62. The van der Waals surface area contributed by atoms with Gasteiger partial charge in [-0.2, -0.15) is 0 Å². The molecule has 0 fully saturated rings. The summed E-state index contributed by atoms with van der Waals surface area (Å²) >= 11 is 6.17. The third-order valence-electron chi connectivity index (χ3n) is 3.13. The normalized spacial score (nSPS) is 11.5. The number of halogens is 1. The van der Waals surface area contributed by atoms with Crippen molar-refractivity contribution in [2.45, 2.75) is 6.92 Å². The lowest BCUT2D eigenvalue weighted by Gasteiger charge is -2.01. The number of phenolic OH excluding ortho intramolecular Hbond substituents is 1. The first-order chi connectivity index (χ1) is 8.09. The van der Waals surface area contributed by atoms with E-state index in [9.17, 15) is 5.11 Å². The number of phenols is 1. The summed E-state index contributed by atoms with van der Waals surface area (Å²) < 4.78 is 2.08. The Morgan fingerprint density at radius 1 is 1.35 bits per heavy atom. The van der Waals surface area contributed by atoms with Crippen LogP contribution in [0.5, 0.6) is 5.75 Å². The van der Waals surface area contributed by atoms with Gasteiger partial charge in [-0.05, 0) is 30.7 Å². The molecule has 0 amide bonds. The van der Waals surface area contributed by atoms with E-state index in [2.05, 4.69) is 9.55 Å². The lowest BCUT2D eigenvalue weighted by Crippen LogP contribution is -1.90. The SMILES string of the molecule is Cc1cnc(Cl)c2c3cc(O)ccc3n(C)c12. The molecular weight excluding hydrogens is 236 g/mol. The second-order valence-electron chi connectivity index (χ2n) is 4.22. The Kier molecular flexibility index (Phi) is 2.07. The third kappa shape index (κ3) is 1.32. The highest BCUT2D eigenvalue weighted by atomic mass is 35.5. The fraction of sp³-hybridized carbons (Fsp3) is 0.154. The van der Waals surface area contributed by atoms with Gasteiger partial charge in [0, 0.05) is 29.5 Å². The number of aromatic nitrogens is 2. The zero-order valence-corrected chi connectivity index (χ0v) is 10.3. The topological polar surface area (TPSA) is 38.1 Å². The third-order valence-corrected chi connectivity index (χ3v) is 3.42. The number of fused-ring (bicyclic) bond motifs is 3. The van der Waals surface area contributed by atoms with E-state index in [0.29, 0.717) is 5.15 Å². The van der Waals surface area contributed by atoms with Crippen LogP contribution in [0.15, 0.2) is 24.4 Å². The average Bonchev–Trinajstić information content (AvgIpc) is 2.58. The molecule has 0 spiro atoms. The molecule has 4 heteroatoms. The number of rotatable bonds is 0. The molecule has 0 saturated heterocycles. The number of pyridine rings is 1. The minimum atomic E-state index is 0.238. The van der Waals surface area contributed by atoms with Crippen LogP contribution < -0.4 is 0 Å². The molecule has 0 bridgehead atoms. The molecule has 0 aliphatic heterocycles. The van der Waals surface area contributed by atoms with Crippen molar-refractivity contribution >= 4 is 33.4 Å². The van der Waals surface area contributed by atoms with E-state index in [4.69, 9.17) is 11.6 Å². The van der Waals surface area contributed by atoms with E-state index < -0.39 is 0 Å². The summed E-state index contributed by atoms with van der Waals surface area (Å²) in [6, 6.07) is 5.29. The van der Waals surface area contributed by atoms with Gasteiger partial charge in [0.15, 0.2) is 0 Å². The van der Waals surface area contributed by atoms with E-state index in [-0.39, 0.29) is 5.75 Å². The molecule has 3 nitrogen and oxygen atoms in total. The van der Waals surface area contributed by atoms with E-state index in [0.717, 1.165) is 27.4 Å². The Bertz CT molecular complexity index is 746. The molecule has 2 aromatic heterocycles. The number of hydrogen-bond acceptors (Lipinski definition) is 2. The first kappa shape index (κ1) is 10.4. The first-order valence-electron chi connectivity index (χ1n) is 5.32. The van der Waals surface area contributed by atoms with E-state index in [1.54, 1.807) is 18.3 Å². The fourth-order valence-electron chi connectivity index (χ4n) is 2.38. The number of aromatic hydroxyl groups is 1. The van der Waals surface area contributed by atoms with Gasteiger partial charge in [-0.1, -0.05) is 11.6 Å². The zero-order valence-electron chi connectivity index (χ0n) is 9.53. The van der Waals surface area contributed by atoms with Gasteiger partial charge in [0.1, 0.15) is 10.9 Å². The van der Waals surface area contributed by atoms with E-state index in [1.807, 2.05) is 20.0 Å². The smallest absolute Gasteiger partial charge is 0.139 e. The molecule has 0 radical (unpaired) electrons. The predicted molar refractivity (Wildman–Crippen MR) is 69.6 cm³/mol. The molecular formula is C13H11ClN2O. The largest absolute Gasteiger partial charge is 0.508 e. The van der Waals surface area contributed by atoms with Crippen LogP contribution in [0.1, 0.15) is 5.56 Å². The van der Waals surface area contributed by atoms with Crippen LogP contribution in [-0.4, -0.2) is 14.7 Å². The summed E-state index contributed by atoms with van der Waals surface area (Å²) in [5.74, 6) is 0.238. The molecule has 0 aliphatic carbocycles. The number of nitrogens with zero attached hydrogens (tertiary/aromatic N) is 2. The Morgan fingerprint density at radius 3 is 2.88 bits per heavy atom. The second kappa shape index (κ2) is 3.37. The molecule has 1 N–H and O–H groups in total. The Balaban J connectivity index is 2.69. The van der Waals surface area contributed by atoms with Crippen LogP contribution >= 0.6 is 11.6 Å². The molecule has 1 aromatic carbocycles. The number of hydrogen-bond donors (Lipinski definition) is 1. The van der Waals surface area contributed by atoms with Crippen LogP contribution in [0.25, 0.3) is 21.8 Å². The van der Waals surface area contributed by atoms with Gasteiger partial charge in [0.2, 0.25) is 0 Å². The molecule has 3 rings (SSSR count). The molecule has 3 aromatic rings. The van der Waals surface area contributed by atoms with Gasteiger partial charge in [-0.3, -0.25) is 0 Å². The highest BCUT2D eigenvalue weighted by molar-refractivity contribution is 6.37.